The molecule has 0 N–H and O–H groups in total. The molecule has 0 aliphatic rings. The molecule has 0 bridgehead atoms. The fourth-order valence-corrected chi connectivity index (χ4v) is 3.74. The normalized spacial score (nSPS) is 10.8. The van der Waals surface area contributed by atoms with Crippen LogP contribution in [0.2, 0.25) is 19.6 Å². The van der Waals surface area contributed by atoms with Gasteiger partial charge in [0.25, 0.3) is 0 Å². The van der Waals surface area contributed by atoms with E-state index >= 15 is 0 Å². The van der Waals surface area contributed by atoms with E-state index in [1.54, 1.807) is 0 Å². The molecular weight excluding hydrogens is 304 g/mol. The van der Waals surface area contributed by atoms with Gasteiger partial charge in [0.15, 0.2) is 0 Å². The van der Waals surface area contributed by atoms with Gasteiger partial charge in [0.2, 0.25) is 0 Å². The molecule has 0 aliphatic carbocycles. The Balaban J connectivity index is 1.79. The molecule has 1 heteroatoms. The van der Waals surface area contributed by atoms with Gasteiger partial charge in [-0.15, -0.1) is 0 Å². The third-order valence-corrected chi connectivity index (χ3v) is 6.16. The van der Waals surface area contributed by atoms with Crippen molar-refractivity contribution < 1.29 is 0 Å². The van der Waals surface area contributed by atoms with E-state index in [4.69, 9.17) is 0 Å². The van der Waals surface area contributed by atoms with Crippen LogP contribution in [-0.4, -0.2) is 8.07 Å². The highest BCUT2D eigenvalue weighted by atomic mass is 28.3. The van der Waals surface area contributed by atoms with Crippen molar-refractivity contribution in [1.82, 2.24) is 0 Å². The van der Waals surface area contributed by atoms with Gasteiger partial charge in [0, 0.05) is 11.1 Å². The maximum Gasteiger partial charge on any atom is 0.0775 e. The van der Waals surface area contributed by atoms with Crippen LogP contribution in [-0.2, 0) is 0 Å². The Hall–Kier alpha value is -2.56. The summed E-state index contributed by atoms with van der Waals surface area (Å²) in [5.41, 5.74) is 4.59. The van der Waals surface area contributed by atoms with Crippen molar-refractivity contribution in [3.8, 4) is 23.0 Å². The van der Waals surface area contributed by atoms with Crippen molar-refractivity contribution in [1.29, 1.82) is 0 Å². The summed E-state index contributed by atoms with van der Waals surface area (Å²) in [4.78, 5) is 0. The molecular formula is C23H22Si. The number of rotatable bonds is 2. The van der Waals surface area contributed by atoms with E-state index in [0.29, 0.717) is 0 Å². The van der Waals surface area contributed by atoms with Crippen molar-refractivity contribution >= 4 is 13.3 Å². The average molecular weight is 327 g/mol. The molecule has 0 heterocycles. The number of benzene rings is 3. The second-order valence-corrected chi connectivity index (χ2v) is 12.1. The summed E-state index contributed by atoms with van der Waals surface area (Å²) in [6.45, 7) is 7.13. The minimum Gasteiger partial charge on any atom is -0.0656 e. The van der Waals surface area contributed by atoms with Crippen LogP contribution in [0.25, 0.3) is 11.1 Å². The highest BCUT2D eigenvalue weighted by molar-refractivity contribution is 6.88. The summed E-state index contributed by atoms with van der Waals surface area (Å²) in [7, 11) is -1.23. The molecule has 0 fully saturated rings. The van der Waals surface area contributed by atoms with Crippen LogP contribution in [0.15, 0.2) is 78.9 Å². The van der Waals surface area contributed by atoms with Gasteiger partial charge in [-0.2, -0.15) is 0 Å². The molecule has 0 amide bonds. The van der Waals surface area contributed by atoms with E-state index in [1.807, 2.05) is 30.3 Å². The Morgan fingerprint density at radius 3 is 1.50 bits per heavy atom. The first-order valence-electron chi connectivity index (χ1n) is 8.30. The van der Waals surface area contributed by atoms with Crippen LogP contribution in [0.1, 0.15) is 11.1 Å². The predicted molar refractivity (Wildman–Crippen MR) is 107 cm³/mol. The van der Waals surface area contributed by atoms with Crippen LogP contribution in [0, 0.1) is 11.8 Å². The summed E-state index contributed by atoms with van der Waals surface area (Å²) in [6.07, 6.45) is 0. The largest absolute Gasteiger partial charge is 0.0775 e. The third kappa shape index (κ3) is 4.04. The van der Waals surface area contributed by atoms with Crippen molar-refractivity contribution in [2.45, 2.75) is 19.6 Å². The monoisotopic (exact) mass is 326 g/mol. The second kappa shape index (κ2) is 6.91. The SMILES string of the molecule is C[Si](C)(C)c1ccc(-c2ccc(C#Cc3ccccc3)cc2)cc1. The molecule has 0 aliphatic heterocycles. The predicted octanol–water partition coefficient (Wildman–Crippen LogP) is 5.30. The first-order chi connectivity index (χ1) is 11.5. The summed E-state index contributed by atoms with van der Waals surface area (Å²) < 4.78 is 0. The van der Waals surface area contributed by atoms with Crippen LogP contribution >= 0.6 is 0 Å². The molecule has 0 spiro atoms. The van der Waals surface area contributed by atoms with Gasteiger partial charge in [-0.05, 0) is 35.4 Å². The van der Waals surface area contributed by atoms with E-state index in [9.17, 15) is 0 Å². The van der Waals surface area contributed by atoms with Gasteiger partial charge < -0.3 is 0 Å². The summed E-state index contributed by atoms with van der Waals surface area (Å²) in [5.74, 6) is 6.42. The lowest BCUT2D eigenvalue weighted by Gasteiger charge is -2.16. The van der Waals surface area contributed by atoms with Gasteiger partial charge >= 0.3 is 0 Å². The standard InChI is InChI=1S/C23H22Si/c1-24(2,3)23-17-15-22(16-18-23)21-13-11-20(12-14-21)10-9-19-7-5-4-6-8-19/h4-8,11-18H,1-3H3. The van der Waals surface area contributed by atoms with Gasteiger partial charge in [-0.3, -0.25) is 0 Å². The van der Waals surface area contributed by atoms with Gasteiger partial charge in [0.1, 0.15) is 0 Å². The minimum atomic E-state index is -1.23. The molecule has 0 aromatic heterocycles. The van der Waals surface area contributed by atoms with E-state index in [0.717, 1.165) is 11.1 Å². The molecule has 3 aromatic carbocycles. The lowest BCUT2D eigenvalue weighted by atomic mass is 10.0. The maximum atomic E-state index is 3.22. The van der Waals surface area contributed by atoms with E-state index < -0.39 is 8.07 Å². The molecule has 118 valence electrons. The highest BCUT2D eigenvalue weighted by Gasteiger charge is 2.15. The molecule has 0 radical (unpaired) electrons. The van der Waals surface area contributed by atoms with E-state index in [2.05, 4.69) is 80.0 Å². The molecule has 24 heavy (non-hydrogen) atoms. The number of hydrogen-bond donors (Lipinski definition) is 0. The number of hydrogen-bond acceptors (Lipinski definition) is 0. The van der Waals surface area contributed by atoms with Crippen molar-refractivity contribution in [2.75, 3.05) is 0 Å². The fourth-order valence-electron chi connectivity index (χ4n) is 2.57. The minimum absolute atomic E-state index is 1.04. The lowest BCUT2D eigenvalue weighted by molar-refractivity contribution is 1.59. The zero-order valence-electron chi connectivity index (χ0n) is 14.5. The Kier molecular flexibility index (Phi) is 4.69. The quantitative estimate of drug-likeness (QED) is 0.443. The van der Waals surface area contributed by atoms with Crippen molar-refractivity contribution in [3.63, 3.8) is 0 Å². The van der Waals surface area contributed by atoms with Crippen LogP contribution in [0.4, 0.5) is 0 Å². The van der Waals surface area contributed by atoms with Gasteiger partial charge in [0.05, 0.1) is 8.07 Å². The van der Waals surface area contributed by atoms with Crippen molar-refractivity contribution in [3.05, 3.63) is 90.0 Å². The van der Waals surface area contributed by atoms with E-state index in [-0.39, 0.29) is 0 Å². The van der Waals surface area contributed by atoms with Crippen molar-refractivity contribution in [2.24, 2.45) is 0 Å². The third-order valence-electron chi connectivity index (χ3n) is 4.09. The maximum absolute atomic E-state index is 3.22. The van der Waals surface area contributed by atoms with E-state index in [1.165, 1.54) is 16.3 Å². The Labute approximate surface area is 146 Å². The van der Waals surface area contributed by atoms with Crippen LogP contribution < -0.4 is 5.19 Å². The van der Waals surface area contributed by atoms with Gasteiger partial charge in [-0.25, -0.2) is 0 Å². The fraction of sp³-hybridized carbons (Fsp3) is 0.130. The Bertz CT molecular complexity index is 856. The smallest absolute Gasteiger partial charge is 0.0656 e. The molecule has 0 saturated heterocycles. The molecule has 3 aromatic rings. The molecule has 3 rings (SSSR count). The molecule has 0 nitrogen and oxygen atoms in total. The average Bonchev–Trinajstić information content (AvgIpc) is 2.61. The zero-order chi connectivity index (χ0) is 17.0. The van der Waals surface area contributed by atoms with Gasteiger partial charge in [-0.1, -0.05) is 91.3 Å². The molecule has 0 unspecified atom stereocenters. The Morgan fingerprint density at radius 1 is 0.542 bits per heavy atom. The first kappa shape index (κ1) is 16.3. The Morgan fingerprint density at radius 2 is 1.00 bits per heavy atom. The van der Waals surface area contributed by atoms with Crippen LogP contribution in [0.5, 0.6) is 0 Å². The summed E-state index contributed by atoms with van der Waals surface area (Å²) in [5, 5.41) is 1.50. The second-order valence-electron chi connectivity index (χ2n) is 7.02. The summed E-state index contributed by atoms with van der Waals surface area (Å²) >= 11 is 0. The highest BCUT2D eigenvalue weighted by Crippen LogP contribution is 2.19. The zero-order valence-corrected chi connectivity index (χ0v) is 15.5. The molecule has 0 saturated carbocycles. The van der Waals surface area contributed by atoms with Crippen LogP contribution in [0.3, 0.4) is 0 Å². The lowest BCUT2D eigenvalue weighted by Crippen LogP contribution is -2.37. The summed E-state index contributed by atoms with van der Waals surface area (Å²) in [6, 6.07) is 27.6. The first-order valence-corrected chi connectivity index (χ1v) is 11.8. The topological polar surface area (TPSA) is 0 Å². The molecule has 0 atom stereocenters.